The van der Waals surface area contributed by atoms with Gasteiger partial charge in [-0.15, -0.1) is 0 Å². The molecule has 1 aromatic heterocycles. The van der Waals surface area contributed by atoms with Crippen molar-refractivity contribution in [2.75, 3.05) is 11.6 Å². The highest BCUT2D eigenvalue weighted by Gasteiger charge is 2.16. The first kappa shape index (κ1) is 9.21. The number of hydrogen-bond acceptors (Lipinski definition) is 3. The molecule has 0 spiro atoms. The molecule has 2 aromatic rings. The molecule has 1 aliphatic rings. The zero-order chi connectivity index (χ0) is 11.0. The second-order valence-electron chi connectivity index (χ2n) is 3.89. The summed E-state index contributed by atoms with van der Waals surface area (Å²) < 4.78 is 0. The van der Waals surface area contributed by atoms with E-state index in [0.29, 0.717) is 6.42 Å². The summed E-state index contributed by atoms with van der Waals surface area (Å²) in [5.74, 6) is 0.0796. The molecule has 0 radical (unpaired) electrons. The van der Waals surface area contributed by atoms with Gasteiger partial charge in [-0.3, -0.25) is 15.2 Å². The number of aromatic amines is 1. The number of nitrogens with zero attached hydrogens (tertiary/aromatic N) is 2. The number of aromatic nitrogens is 2. The van der Waals surface area contributed by atoms with Gasteiger partial charge in [0.25, 0.3) is 0 Å². The number of amides is 1. The van der Waals surface area contributed by atoms with Crippen LogP contribution >= 0.6 is 0 Å². The Morgan fingerprint density at radius 1 is 1.38 bits per heavy atom. The van der Waals surface area contributed by atoms with Crippen LogP contribution in [0.4, 0.5) is 5.69 Å². The number of carbonyl (C=O) groups excluding carboxylic acids is 1. The zero-order valence-corrected chi connectivity index (χ0v) is 8.73. The summed E-state index contributed by atoms with van der Waals surface area (Å²) in [6, 6.07) is 5.91. The molecule has 0 bridgehead atoms. The summed E-state index contributed by atoms with van der Waals surface area (Å²) in [4.78, 5) is 18.5. The maximum atomic E-state index is 11.3. The third-order valence-corrected chi connectivity index (χ3v) is 2.76. The van der Waals surface area contributed by atoms with Crippen molar-refractivity contribution in [2.24, 2.45) is 0 Å². The normalized spacial score (nSPS) is 16.5. The Labute approximate surface area is 92.4 Å². The Kier molecular flexibility index (Phi) is 2.02. The van der Waals surface area contributed by atoms with Gasteiger partial charge in [0.1, 0.15) is 0 Å². The minimum atomic E-state index is 0.0796. The van der Waals surface area contributed by atoms with Crippen LogP contribution in [0.2, 0.25) is 0 Å². The topological polar surface area (TPSA) is 61.0 Å². The van der Waals surface area contributed by atoms with Crippen molar-refractivity contribution in [3.63, 3.8) is 0 Å². The van der Waals surface area contributed by atoms with Crippen LogP contribution in [0.15, 0.2) is 24.5 Å². The Bertz CT molecular complexity index is 534. The molecule has 82 valence electrons. The van der Waals surface area contributed by atoms with Gasteiger partial charge in [-0.25, -0.2) is 4.98 Å². The SMILES string of the molecule is O=C1CCCN(c2ccc3nc[nH]c3c2)N1. The molecule has 1 aliphatic heterocycles. The monoisotopic (exact) mass is 216 g/mol. The van der Waals surface area contributed by atoms with Gasteiger partial charge in [-0.2, -0.15) is 0 Å². The summed E-state index contributed by atoms with van der Waals surface area (Å²) in [6.45, 7) is 0.853. The fraction of sp³-hybridized carbons (Fsp3) is 0.273. The largest absolute Gasteiger partial charge is 0.345 e. The molecule has 16 heavy (non-hydrogen) atoms. The Hall–Kier alpha value is -2.04. The van der Waals surface area contributed by atoms with Gasteiger partial charge in [0.05, 0.1) is 23.0 Å². The van der Waals surface area contributed by atoms with E-state index < -0.39 is 0 Å². The van der Waals surface area contributed by atoms with E-state index in [4.69, 9.17) is 0 Å². The van der Waals surface area contributed by atoms with Gasteiger partial charge in [-0.05, 0) is 24.6 Å². The van der Waals surface area contributed by atoms with Gasteiger partial charge >= 0.3 is 0 Å². The van der Waals surface area contributed by atoms with E-state index in [9.17, 15) is 4.79 Å². The van der Waals surface area contributed by atoms with Crippen LogP contribution in [0.1, 0.15) is 12.8 Å². The first-order valence-electron chi connectivity index (χ1n) is 5.33. The average Bonchev–Trinajstić information content (AvgIpc) is 2.75. The van der Waals surface area contributed by atoms with Gasteiger partial charge in [0, 0.05) is 13.0 Å². The van der Waals surface area contributed by atoms with E-state index in [1.165, 1.54) is 0 Å². The second kappa shape index (κ2) is 3.52. The standard InChI is InChI=1S/C11H12N4O/c16-11-2-1-5-15(14-11)8-3-4-9-10(6-8)13-7-12-9/h3-4,6-7H,1-2,5H2,(H,12,13)(H,14,16). The molecule has 1 amide bonds. The van der Waals surface area contributed by atoms with Crippen molar-refractivity contribution in [3.05, 3.63) is 24.5 Å². The summed E-state index contributed by atoms with van der Waals surface area (Å²) in [5.41, 5.74) is 5.76. The van der Waals surface area contributed by atoms with Gasteiger partial charge < -0.3 is 4.98 Å². The highest BCUT2D eigenvalue weighted by molar-refractivity contribution is 5.82. The van der Waals surface area contributed by atoms with E-state index in [0.717, 1.165) is 29.7 Å². The first-order valence-corrected chi connectivity index (χ1v) is 5.33. The number of fused-ring (bicyclic) bond motifs is 1. The number of rotatable bonds is 1. The number of H-pyrrole nitrogens is 1. The van der Waals surface area contributed by atoms with Crippen molar-refractivity contribution in [3.8, 4) is 0 Å². The van der Waals surface area contributed by atoms with E-state index in [-0.39, 0.29) is 5.91 Å². The third kappa shape index (κ3) is 1.50. The lowest BCUT2D eigenvalue weighted by molar-refractivity contribution is -0.122. The van der Waals surface area contributed by atoms with Crippen molar-refractivity contribution < 1.29 is 4.79 Å². The van der Waals surface area contributed by atoms with Crippen molar-refractivity contribution in [1.29, 1.82) is 0 Å². The van der Waals surface area contributed by atoms with E-state index in [1.54, 1.807) is 6.33 Å². The number of carbonyl (C=O) groups is 1. The molecule has 0 aliphatic carbocycles. The first-order chi connectivity index (χ1) is 7.83. The lowest BCUT2D eigenvalue weighted by Gasteiger charge is -2.29. The van der Waals surface area contributed by atoms with Crippen LogP contribution in [-0.4, -0.2) is 22.4 Å². The fourth-order valence-corrected chi connectivity index (χ4v) is 1.95. The quantitative estimate of drug-likeness (QED) is 0.752. The van der Waals surface area contributed by atoms with E-state index >= 15 is 0 Å². The highest BCUT2D eigenvalue weighted by atomic mass is 16.2. The van der Waals surface area contributed by atoms with Crippen LogP contribution in [-0.2, 0) is 4.79 Å². The summed E-state index contributed by atoms with van der Waals surface area (Å²) >= 11 is 0. The predicted octanol–water partition coefficient (Wildman–Crippen LogP) is 1.19. The van der Waals surface area contributed by atoms with E-state index in [2.05, 4.69) is 15.4 Å². The molecule has 1 fully saturated rings. The second-order valence-corrected chi connectivity index (χ2v) is 3.89. The number of benzene rings is 1. The van der Waals surface area contributed by atoms with Crippen LogP contribution < -0.4 is 10.4 Å². The fourth-order valence-electron chi connectivity index (χ4n) is 1.95. The summed E-state index contributed by atoms with van der Waals surface area (Å²) in [7, 11) is 0. The third-order valence-electron chi connectivity index (χ3n) is 2.76. The number of anilines is 1. The lowest BCUT2D eigenvalue weighted by atomic mass is 10.2. The summed E-state index contributed by atoms with van der Waals surface area (Å²) in [6.07, 6.45) is 3.18. The molecule has 0 saturated carbocycles. The highest BCUT2D eigenvalue weighted by Crippen LogP contribution is 2.20. The Morgan fingerprint density at radius 2 is 2.31 bits per heavy atom. The molecular weight excluding hydrogens is 204 g/mol. The molecule has 1 saturated heterocycles. The lowest BCUT2D eigenvalue weighted by Crippen LogP contribution is -2.46. The number of imidazole rings is 1. The minimum Gasteiger partial charge on any atom is -0.345 e. The molecule has 0 atom stereocenters. The predicted molar refractivity (Wildman–Crippen MR) is 60.8 cm³/mol. The molecule has 2 N–H and O–H groups in total. The molecular formula is C11H12N4O. The van der Waals surface area contributed by atoms with Gasteiger partial charge in [0.2, 0.25) is 5.91 Å². The molecule has 5 heteroatoms. The molecule has 1 aromatic carbocycles. The Morgan fingerprint density at radius 3 is 3.19 bits per heavy atom. The van der Waals surface area contributed by atoms with E-state index in [1.807, 2.05) is 23.2 Å². The Balaban J connectivity index is 1.95. The van der Waals surface area contributed by atoms with Crippen molar-refractivity contribution >= 4 is 22.6 Å². The van der Waals surface area contributed by atoms with Crippen molar-refractivity contribution in [1.82, 2.24) is 15.4 Å². The van der Waals surface area contributed by atoms with Crippen LogP contribution in [0.25, 0.3) is 11.0 Å². The molecule has 3 rings (SSSR count). The smallest absolute Gasteiger partial charge is 0.238 e. The number of hydrazine groups is 1. The summed E-state index contributed by atoms with van der Waals surface area (Å²) in [5, 5.41) is 1.88. The molecule has 0 unspecified atom stereocenters. The minimum absolute atomic E-state index is 0.0796. The zero-order valence-electron chi connectivity index (χ0n) is 8.73. The van der Waals surface area contributed by atoms with Gasteiger partial charge in [-0.1, -0.05) is 0 Å². The molecule has 2 heterocycles. The van der Waals surface area contributed by atoms with Crippen LogP contribution in [0, 0.1) is 0 Å². The van der Waals surface area contributed by atoms with Gasteiger partial charge in [0.15, 0.2) is 0 Å². The number of hydrogen-bond donors (Lipinski definition) is 2. The van der Waals surface area contributed by atoms with Crippen LogP contribution in [0.3, 0.4) is 0 Å². The van der Waals surface area contributed by atoms with Crippen molar-refractivity contribution in [2.45, 2.75) is 12.8 Å². The number of nitrogens with one attached hydrogen (secondary N) is 2. The van der Waals surface area contributed by atoms with Crippen LogP contribution in [0.5, 0.6) is 0 Å². The maximum Gasteiger partial charge on any atom is 0.238 e. The maximum absolute atomic E-state index is 11.3. The average molecular weight is 216 g/mol. The molecule has 5 nitrogen and oxygen atoms in total.